The Kier molecular flexibility index (Phi) is 6.73. The van der Waals surface area contributed by atoms with E-state index in [2.05, 4.69) is 15.6 Å². The molecule has 0 amide bonds. The van der Waals surface area contributed by atoms with Gasteiger partial charge in [-0.05, 0) is 37.5 Å². The van der Waals surface area contributed by atoms with Gasteiger partial charge in [0.25, 0.3) is 0 Å². The molecule has 0 aromatic heterocycles. The monoisotopic (exact) mass is 335 g/mol. The van der Waals surface area contributed by atoms with E-state index in [1.807, 2.05) is 25.1 Å². The molecule has 0 unspecified atom stereocenters. The van der Waals surface area contributed by atoms with Crippen molar-refractivity contribution in [3.8, 4) is 11.5 Å². The average molecular weight is 335 g/mol. The second kappa shape index (κ2) is 8.78. The van der Waals surface area contributed by atoms with Crippen LogP contribution in [0.5, 0.6) is 11.5 Å². The van der Waals surface area contributed by atoms with Gasteiger partial charge in [0, 0.05) is 13.1 Å². The topological polar surface area (TPSA) is 75.1 Å². The highest BCUT2D eigenvalue weighted by Gasteiger charge is 2.30. The van der Waals surface area contributed by atoms with Crippen LogP contribution in [-0.4, -0.2) is 44.0 Å². The van der Waals surface area contributed by atoms with Gasteiger partial charge in [0.15, 0.2) is 17.5 Å². The van der Waals surface area contributed by atoms with Crippen LogP contribution in [0.4, 0.5) is 0 Å². The Hall–Kier alpha value is -1.95. The lowest BCUT2D eigenvalue weighted by molar-refractivity contribution is 0.0522. The number of aliphatic hydroxyl groups is 1. The maximum Gasteiger partial charge on any atom is 0.191 e. The van der Waals surface area contributed by atoms with Crippen molar-refractivity contribution in [3.05, 3.63) is 23.8 Å². The average Bonchev–Trinajstić information content (AvgIpc) is 3.04. The maximum absolute atomic E-state index is 10.4. The maximum atomic E-state index is 10.4. The molecule has 1 saturated carbocycles. The summed E-state index contributed by atoms with van der Waals surface area (Å²) in [5, 5.41) is 16.9. The summed E-state index contributed by atoms with van der Waals surface area (Å²) >= 11 is 0. The number of guanidine groups is 1. The molecule has 134 valence electrons. The molecule has 1 aromatic carbocycles. The van der Waals surface area contributed by atoms with E-state index < -0.39 is 5.60 Å². The number of methoxy groups -OCH3 is 2. The van der Waals surface area contributed by atoms with E-state index in [9.17, 15) is 5.11 Å². The van der Waals surface area contributed by atoms with Gasteiger partial charge in [0.2, 0.25) is 0 Å². The first-order valence-electron chi connectivity index (χ1n) is 8.55. The minimum Gasteiger partial charge on any atom is -0.493 e. The summed E-state index contributed by atoms with van der Waals surface area (Å²) in [6.07, 6.45) is 3.90. The molecular formula is C18H29N3O3. The molecule has 1 aromatic rings. The highest BCUT2D eigenvalue weighted by atomic mass is 16.5. The van der Waals surface area contributed by atoms with Crippen LogP contribution in [-0.2, 0) is 6.54 Å². The minimum atomic E-state index is -0.598. The summed E-state index contributed by atoms with van der Waals surface area (Å²) in [6, 6.07) is 5.78. The van der Waals surface area contributed by atoms with Crippen LogP contribution in [0.1, 0.15) is 38.2 Å². The number of ether oxygens (including phenoxy) is 2. The second-order valence-corrected chi connectivity index (χ2v) is 6.17. The van der Waals surface area contributed by atoms with Crippen LogP contribution in [0.2, 0.25) is 0 Å². The number of aliphatic imine (C=N–C) groups is 1. The molecule has 2 rings (SSSR count). The first kappa shape index (κ1) is 18.4. The van der Waals surface area contributed by atoms with E-state index in [0.29, 0.717) is 30.5 Å². The molecule has 1 aliphatic carbocycles. The zero-order valence-electron chi connectivity index (χ0n) is 14.9. The van der Waals surface area contributed by atoms with Crippen molar-refractivity contribution < 1.29 is 14.6 Å². The summed E-state index contributed by atoms with van der Waals surface area (Å²) in [6.45, 7) is 3.85. The molecule has 3 N–H and O–H groups in total. The van der Waals surface area contributed by atoms with Crippen molar-refractivity contribution in [3.63, 3.8) is 0 Å². The molecule has 0 atom stereocenters. The van der Waals surface area contributed by atoms with Crippen molar-refractivity contribution in [1.29, 1.82) is 0 Å². The van der Waals surface area contributed by atoms with Gasteiger partial charge in [-0.2, -0.15) is 0 Å². The molecule has 0 aliphatic heterocycles. The highest BCUT2D eigenvalue weighted by molar-refractivity contribution is 5.79. The predicted octanol–water partition coefficient (Wildman–Crippen LogP) is 2.06. The SMILES string of the molecule is CCNC(=NCc1ccc(OC)c(OC)c1)NCC1(O)CCCC1. The van der Waals surface area contributed by atoms with Gasteiger partial charge in [0.05, 0.1) is 26.4 Å². The van der Waals surface area contributed by atoms with Gasteiger partial charge in [-0.15, -0.1) is 0 Å². The summed E-state index contributed by atoms with van der Waals surface area (Å²) in [4.78, 5) is 4.59. The van der Waals surface area contributed by atoms with Gasteiger partial charge >= 0.3 is 0 Å². The smallest absolute Gasteiger partial charge is 0.191 e. The zero-order valence-corrected chi connectivity index (χ0v) is 14.9. The van der Waals surface area contributed by atoms with Crippen LogP contribution in [0.25, 0.3) is 0 Å². The number of benzene rings is 1. The Labute approximate surface area is 144 Å². The molecule has 6 nitrogen and oxygen atoms in total. The molecule has 0 bridgehead atoms. The van der Waals surface area contributed by atoms with Gasteiger partial charge in [-0.3, -0.25) is 0 Å². The van der Waals surface area contributed by atoms with E-state index in [0.717, 1.165) is 37.8 Å². The third kappa shape index (κ3) is 5.03. The Morgan fingerprint density at radius 3 is 2.50 bits per heavy atom. The van der Waals surface area contributed by atoms with E-state index in [1.165, 1.54) is 0 Å². The molecular weight excluding hydrogens is 306 g/mol. The first-order chi connectivity index (χ1) is 11.6. The summed E-state index contributed by atoms with van der Waals surface area (Å²) < 4.78 is 10.6. The molecule has 0 saturated heterocycles. The molecule has 0 radical (unpaired) electrons. The zero-order chi connectivity index (χ0) is 17.4. The van der Waals surface area contributed by atoms with E-state index >= 15 is 0 Å². The normalized spacial score (nSPS) is 16.8. The highest BCUT2D eigenvalue weighted by Crippen LogP contribution is 2.29. The van der Waals surface area contributed by atoms with E-state index in [4.69, 9.17) is 9.47 Å². The molecule has 1 fully saturated rings. The lowest BCUT2D eigenvalue weighted by Gasteiger charge is -2.23. The van der Waals surface area contributed by atoms with E-state index in [-0.39, 0.29) is 0 Å². The van der Waals surface area contributed by atoms with Crippen LogP contribution in [0, 0.1) is 0 Å². The van der Waals surface area contributed by atoms with Gasteiger partial charge in [0.1, 0.15) is 0 Å². The van der Waals surface area contributed by atoms with Crippen LogP contribution < -0.4 is 20.1 Å². The number of rotatable bonds is 7. The third-order valence-electron chi connectivity index (χ3n) is 4.33. The van der Waals surface area contributed by atoms with E-state index in [1.54, 1.807) is 14.2 Å². The fourth-order valence-corrected chi connectivity index (χ4v) is 2.95. The molecule has 1 aliphatic rings. The lowest BCUT2D eigenvalue weighted by atomic mass is 10.0. The molecule has 6 heteroatoms. The Bertz CT molecular complexity index is 554. The van der Waals surface area contributed by atoms with Gasteiger partial charge in [-0.25, -0.2) is 4.99 Å². The summed E-state index contributed by atoms with van der Waals surface area (Å²) in [7, 11) is 3.25. The predicted molar refractivity (Wildman–Crippen MR) is 95.8 cm³/mol. The minimum absolute atomic E-state index is 0.522. The van der Waals surface area contributed by atoms with Crippen LogP contribution >= 0.6 is 0 Å². The summed E-state index contributed by atoms with van der Waals surface area (Å²) in [5.74, 6) is 2.12. The quantitative estimate of drug-likeness (QED) is 0.525. The van der Waals surface area contributed by atoms with Crippen molar-refractivity contribution in [2.45, 2.75) is 44.8 Å². The fraction of sp³-hybridized carbons (Fsp3) is 0.611. The van der Waals surface area contributed by atoms with Crippen molar-refractivity contribution in [1.82, 2.24) is 10.6 Å². The molecule has 24 heavy (non-hydrogen) atoms. The van der Waals surface area contributed by atoms with Crippen molar-refractivity contribution >= 4 is 5.96 Å². The van der Waals surface area contributed by atoms with Gasteiger partial charge < -0.3 is 25.2 Å². The number of hydrogen-bond donors (Lipinski definition) is 3. The second-order valence-electron chi connectivity index (χ2n) is 6.17. The molecule has 0 spiro atoms. The first-order valence-corrected chi connectivity index (χ1v) is 8.55. The van der Waals surface area contributed by atoms with Crippen LogP contribution in [0.3, 0.4) is 0 Å². The fourth-order valence-electron chi connectivity index (χ4n) is 2.95. The standard InChI is InChI=1S/C18H29N3O3/c1-4-19-17(21-13-18(22)9-5-6-10-18)20-12-14-7-8-15(23-2)16(11-14)24-3/h7-8,11,22H,4-6,9-10,12-13H2,1-3H3,(H2,19,20,21). The Morgan fingerprint density at radius 1 is 1.17 bits per heavy atom. The third-order valence-corrected chi connectivity index (χ3v) is 4.33. The van der Waals surface area contributed by atoms with Gasteiger partial charge in [-0.1, -0.05) is 18.9 Å². The lowest BCUT2D eigenvalue weighted by Crippen LogP contribution is -2.46. The number of hydrogen-bond acceptors (Lipinski definition) is 4. The van der Waals surface area contributed by atoms with Crippen LogP contribution in [0.15, 0.2) is 23.2 Å². The van der Waals surface area contributed by atoms with Crippen molar-refractivity contribution in [2.75, 3.05) is 27.3 Å². The number of nitrogens with one attached hydrogen (secondary N) is 2. The van der Waals surface area contributed by atoms with Crippen molar-refractivity contribution in [2.24, 2.45) is 4.99 Å². The largest absolute Gasteiger partial charge is 0.493 e. The Balaban J connectivity index is 1.99. The number of nitrogens with zero attached hydrogens (tertiary/aromatic N) is 1. The summed E-state index contributed by atoms with van der Waals surface area (Å²) in [5.41, 5.74) is 0.434. The Morgan fingerprint density at radius 2 is 1.88 bits per heavy atom. The molecule has 0 heterocycles.